The van der Waals surface area contributed by atoms with Gasteiger partial charge in [0.2, 0.25) is 0 Å². The minimum absolute atomic E-state index is 0.00108. The minimum Gasteiger partial charge on any atom is -0.0651 e. The van der Waals surface area contributed by atoms with E-state index >= 15 is 0 Å². The van der Waals surface area contributed by atoms with Crippen LogP contribution >= 0.6 is 0 Å². The summed E-state index contributed by atoms with van der Waals surface area (Å²) in [6.45, 7) is 46.8. The summed E-state index contributed by atoms with van der Waals surface area (Å²) in [6, 6.07) is 63.7. The molecule has 0 spiro atoms. The van der Waals surface area contributed by atoms with E-state index in [4.69, 9.17) is 0 Å². The number of hydrogen-bond acceptors (Lipinski definition) is 0. The first kappa shape index (κ1) is 76.4. The van der Waals surface area contributed by atoms with Crippen molar-refractivity contribution >= 4 is 0 Å². The Morgan fingerprint density at radius 2 is 0.476 bits per heavy atom. The van der Waals surface area contributed by atoms with E-state index in [1.807, 2.05) is 0 Å². The second kappa shape index (κ2) is 32.1. The largest absolute Gasteiger partial charge is 0.0651 e. The Bertz CT molecular complexity index is 4170. The van der Waals surface area contributed by atoms with Crippen molar-refractivity contribution < 1.29 is 0 Å². The molecule has 0 heteroatoms. The molecule has 8 aromatic carbocycles. The van der Waals surface area contributed by atoms with Crippen LogP contribution in [0.1, 0.15) is 316 Å². The molecule has 0 aliphatic heterocycles. The van der Waals surface area contributed by atoms with Crippen molar-refractivity contribution in [3.8, 4) is 77.9 Å². The maximum atomic E-state index is 2.74. The highest BCUT2D eigenvalue weighted by molar-refractivity contribution is 5.91. The highest BCUT2D eigenvalue weighted by Crippen LogP contribution is 2.62. The molecule has 8 atom stereocenters. The van der Waals surface area contributed by atoms with Gasteiger partial charge >= 0.3 is 0 Å². The van der Waals surface area contributed by atoms with E-state index in [1.54, 1.807) is 44.5 Å². The molecule has 0 aromatic heterocycles. The Kier molecular flexibility index (Phi) is 23.8. The normalized spacial score (nSPS) is 17.5. The van der Waals surface area contributed by atoms with Gasteiger partial charge in [-0.1, -0.05) is 323 Å². The van der Waals surface area contributed by atoms with Crippen LogP contribution in [0.5, 0.6) is 0 Å². The monoisotopic (exact) mass is 1370 g/mol. The van der Waals surface area contributed by atoms with Crippen LogP contribution in [0.15, 0.2) is 152 Å². The molecule has 0 heterocycles. The molecule has 0 radical (unpaired) electrons. The fourth-order valence-electron chi connectivity index (χ4n) is 20.8. The van der Waals surface area contributed by atoms with Crippen LogP contribution in [0.4, 0.5) is 0 Å². The van der Waals surface area contributed by atoms with Gasteiger partial charge in [-0.3, -0.25) is 0 Å². The molecule has 0 saturated heterocycles. The van der Waals surface area contributed by atoms with E-state index in [1.165, 1.54) is 199 Å². The molecule has 4 aliphatic rings. The van der Waals surface area contributed by atoms with E-state index < -0.39 is 0 Å². The Hall–Kier alpha value is -6.24. The average molecular weight is 1370 g/mol. The predicted octanol–water partition coefficient (Wildman–Crippen LogP) is 31.2. The zero-order valence-corrected chi connectivity index (χ0v) is 68.3. The topological polar surface area (TPSA) is 0 Å². The van der Waals surface area contributed by atoms with Gasteiger partial charge < -0.3 is 0 Å². The zero-order valence-electron chi connectivity index (χ0n) is 68.3. The summed E-state index contributed by atoms with van der Waals surface area (Å²) in [5.41, 5.74) is 33.7. The van der Waals surface area contributed by atoms with Crippen LogP contribution < -0.4 is 0 Å². The third-order valence-corrected chi connectivity index (χ3v) is 28.0. The van der Waals surface area contributed by atoms with Crippen molar-refractivity contribution in [2.24, 2.45) is 59.2 Å². The molecule has 0 nitrogen and oxygen atoms in total. The molecule has 103 heavy (non-hydrogen) atoms. The van der Waals surface area contributed by atoms with Gasteiger partial charge in [-0.2, -0.15) is 0 Å². The molecule has 8 aromatic rings. The number of fused-ring (bicyclic) bond motifs is 12. The number of aryl methyl sites for hydroxylation is 1. The van der Waals surface area contributed by atoms with Crippen molar-refractivity contribution in [2.45, 2.75) is 294 Å². The summed E-state index contributed by atoms with van der Waals surface area (Å²) >= 11 is 0. The molecular weight excluding hydrogens is 1240 g/mol. The van der Waals surface area contributed by atoms with E-state index in [-0.39, 0.29) is 21.7 Å². The third-order valence-electron chi connectivity index (χ3n) is 28.0. The van der Waals surface area contributed by atoms with E-state index in [0.29, 0.717) is 47.3 Å². The van der Waals surface area contributed by atoms with Gasteiger partial charge in [0.25, 0.3) is 0 Å². The first-order valence-electron chi connectivity index (χ1n) is 42.6. The fraction of sp³-hybridized carbons (Fsp3) is 0.534. The summed E-state index contributed by atoms with van der Waals surface area (Å²) in [6.07, 6.45) is 27.0. The van der Waals surface area contributed by atoms with Crippen molar-refractivity contribution in [1.29, 1.82) is 0 Å². The van der Waals surface area contributed by atoms with Gasteiger partial charge in [0.1, 0.15) is 0 Å². The summed E-state index contributed by atoms with van der Waals surface area (Å²) in [5, 5.41) is 0. The molecule has 0 saturated carbocycles. The van der Waals surface area contributed by atoms with Gasteiger partial charge in [0, 0.05) is 21.7 Å². The SMILES string of the molecule is CC[C@H](C)CC1(C[C@@H](C)CC)c2ccccc2-c2ccc(-c3ccc4c(c3)C(C[C@@H](C)CC)(C[C@@H](C)CC)c3cc(-c5ccc6c(c5)C(C[C@@H](C)CC)(C[C@@H](C)CC)c5cc(-c7ccc8c(c7)C(CC[C@@H](C)CCCC(C)C)(CC[C@@H](C)CCCC(C)C)c7cc(C)ccc7-8)ccc5-6)ccc3-4)cc21. The van der Waals surface area contributed by atoms with Crippen molar-refractivity contribution in [2.75, 3.05) is 0 Å². The van der Waals surface area contributed by atoms with Crippen LogP contribution in [-0.4, -0.2) is 0 Å². The number of rotatable bonds is 35. The predicted molar refractivity (Wildman–Crippen MR) is 451 cm³/mol. The molecule has 0 amide bonds. The molecule has 0 N–H and O–H groups in total. The molecule has 0 unspecified atom stereocenters. The van der Waals surface area contributed by atoms with E-state index in [9.17, 15) is 0 Å². The summed E-state index contributed by atoms with van der Waals surface area (Å²) in [4.78, 5) is 0. The molecule has 0 fully saturated rings. The lowest BCUT2D eigenvalue weighted by Crippen LogP contribution is -2.30. The smallest absolute Gasteiger partial charge is 0.0220 e. The number of benzene rings is 8. The highest BCUT2D eigenvalue weighted by atomic mass is 14.5. The fourth-order valence-corrected chi connectivity index (χ4v) is 20.8. The van der Waals surface area contributed by atoms with Crippen molar-refractivity contribution in [1.82, 2.24) is 0 Å². The molecule has 12 rings (SSSR count). The Balaban J connectivity index is 0.960. The first-order valence-corrected chi connectivity index (χ1v) is 42.6. The van der Waals surface area contributed by atoms with Gasteiger partial charge in [-0.15, -0.1) is 0 Å². The second-order valence-electron chi connectivity index (χ2n) is 36.7. The summed E-state index contributed by atoms with van der Waals surface area (Å²) < 4.78 is 0. The van der Waals surface area contributed by atoms with Crippen molar-refractivity contribution in [3.63, 3.8) is 0 Å². The Morgan fingerprint density at radius 1 is 0.233 bits per heavy atom. The molecule has 0 bridgehead atoms. The first-order chi connectivity index (χ1) is 49.5. The maximum absolute atomic E-state index is 2.74. The Morgan fingerprint density at radius 3 is 0.757 bits per heavy atom. The third kappa shape index (κ3) is 14.9. The lowest BCUT2D eigenvalue weighted by atomic mass is 9.65. The Labute approximate surface area is 629 Å². The van der Waals surface area contributed by atoms with Crippen LogP contribution in [0.3, 0.4) is 0 Å². The van der Waals surface area contributed by atoms with Crippen LogP contribution in [0.25, 0.3) is 77.9 Å². The second-order valence-corrected chi connectivity index (χ2v) is 36.7. The summed E-state index contributed by atoms with van der Waals surface area (Å²) in [7, 11) is 0. The number of hydrogen-bond donors (Lipinski definition) is 0. The lowest BCUT2D eigenvalue weighted by Gasteiger charge is -2.38. The quantitative estimate of drug-likeness (QED) is 0.0371. The molecule has 4 aliphatic carbocycles. The zero-order chi connectivity index (χ0) is 73.3. The van der Waals surface area contributed by atoms with E-state index in [2.05, 4.69) is 283 Å². The summed E-state index contributed by atoms with van der Waals surface area (Å²) in [5.74, 6) is 6.45. The highest BCUT2D eigenvalue weighted by Gasteiger charge is 2.50. The van der Waals surface area contributed by atoms with Gasteiger partial charge in [-0.05, 0) is 289 Å². The lowest BCUT2D eigenvalue weighted by molar-refractivity contribution is 0.308. The minimum atomic E-state index is -0.129. The van der Waals surface area contributed by atoms with Gasteiger partial charge in [-0.25, -0.2) is 0 Å². The molecule has 548 valence electrons. The van der Waals surface area contributed by atoms with Crippen LogP contribution in [0.2, 0.25) is 0 Å². The van der Waals surface area contributed by atoms with Crippen LogP contribution in [-0.2, 0) is 21.7 Å². The van der Waals surface area contributed by atoms with Crippen LogP contribution in [0, 0.1) is 66.1 Å². The molecular formula is C103H136. The standard InChI is InChI=1S/C103H136/c1-20-69(11)61-101(62-70(12)21-2)92-35-27-26-34-84(92)86-44-37-79(56-95(86)101)81-40-47-89-91-49-42-83(60-99(91)103(97(89)58-81,65-73(15)24-5)66-74(16)25-6)82-41-48-90-88-46-39-80(57-96(88)102(98(90)59-82,63-71(13)22-3)64-72(14)23-4)78-38-45-87-85-43-36-77(19)54-93(85)100(94(87)55-78,52-50-75(17)32-28-30-67(7)8)53-51-76(18)33-29-31-68(9)10/h26-27,34-49,54-60,67-76H,20-25,28-33,50-53,61-66H2,1-19H3/t69-,70-,71-,72-,73-,74-,75-,76-/m0/s1. The van der Waals surface area contributed by atoms with Gasteiger partial charge in [0.05, 0.1) is 0 Å². The van der Waals surface area contributed by atoms with E-state index in [0.717, 1.165) is 37.5 Å². The maximum Gasteiger partial charge on any atom is 0.0220 e. The average Bonchev–Trinajstić information content (AvgIpc) is 1.57. The van der Waals surface area contributed by atoms with Crippen molar-refractivity contribution in [3.05, 3.63) is 202 Å². The van der Waals surface area contributed by atoms with Gasteiger partial charge in [0.15, 0.2) is 0 Å².